The fourth-order valence-electron chi connectivity index (χ4n) is 2.23. The smallest absolute Gasteiger partial charge is 0.101 e. The van der Waals surface area contributed by atoms with Crippen LogP contribution in [0.3, 0.4) is 0 Å². The molecule has 1 aromatic rings. The Bertz CT molecular complexity index is 672. The van der Waals surface area contributed by atoms with Crippen LogP contribution in [0.4, 0.5) is 0 Å². The molecule has 0 aliphatic rings. The fraction of sp³-hybridized carbons (Fsp3) is 0.455. The molecule has 0 amide bonds. The summed E-state index contributed by atoms with van der Waals surface area (Å²) in [6, 6.07) is 7.53. The topological polar surface area (TPSA) is 47.6 Å². The van der Waals surface area contributed by atoms with Gasteiger partial charge in [0, 0.05) is 24.0 Å². The second kappa shape index (κ2) is 11.8. The van der Waals surface area contributed by atoms with Crippen molar-refractivity contribution >= 4 is 0 Å². The maximum absolute atomic E-state index is 9.19. The molecule has 1 rings (SSSR count). The third-order valence-corrected chi connectivity index (χ3v) is 3.66. The van der Waals surface area contributed by atoms with Crippen molar-refractivity contribution in [1.29, 1.82) is 10.5 Å². The molecule has 0 atom stereocenters. The lowest BCUT2D eigenvalue weighted by molar-refractivity contribution is 0.737. The van der Waals surface area contributed by atoms with Crippen LogP contribution in [-0.2, 0) is 0 Å². The summed E-state index contributed by atoms with van der Waals surface area (Å²) < 4.78 is 0. The van der Waals surface area contributed by atoms with Gasteiger partial charge in [-0.25, -0.2) is 0 Å². The van der Waals surface area contributed by atoms with E-state index < -0.39 is 0 Å². The van der Waals surface area contributed by atoms with Crippen molar-refractivity contribution in [3.05, 3.63) is 34.4 Å². The Kier molecular flexibility index (Phi) is 9.55. The van der Waals surface area contributed by atoms with Crippen LogP contribution in [0.2, 0.25) is 0 Å². The number of nitrogens with zero attached hydrogens (tertiary/aromatic N) is 2. The molecular weight excluding hydrogens is 292 g/mol. The van der Waals surface area contributed by atoms with E-state index in [1.54, 1.807) is 12.1 Å². The van der Waals surface area contributed by atoms with Gasteiger partial charge in [0.2, 0.25) is 0 Å². The molecule has 24 heavy (non-hydrogen) atoms. The van der Waals surface area contributed by atoms with Crippen molar-refractivity contribution in [2.75, 3.05) is 0 Å². The summed E-state index contributed by atoms with van der Waals surface area (Å²) in [4.78, 5) is 0. The molecule has 0 spiro atoms. The number of hydrogen-bond donors (Lipinski definition) is 0. The van der Waals surface area contributed by atoms with Gasteiger partial charge in [0.1, 0.15) is 12.1 Å². The number of unbranched alkanes of at least 4 members (excludes halogenated alkanes) is 6. The standard InChI is InChI=1S/C22H24N2/c1-3-5-7-9-11-13-19-15-21(17-23)22(18-24)16-20(19)14-12-10-8-6-4-2/h15-16H,3-10H2,1-2H3. The lowest BCUT2D eigenvalue weighted by Crippen LogP contribution is -1.92. The van der Waals surface area contributed by atoms with E-state index in [0.29, 0.717) is 11.1 Å². The first-order chi connectivity index (χ1) is 11.8. The Balaban J connectivity index is 3.04. The zero-order valence-corrected chi connectivity index (χ0v) is 14.7. The molecule has 0 aliphatic carbocycles. The summed E-state index contributed by atoms with van der Waals surface area (Å²) in [5, 5.41) is 18.4. The van der Waals surface area contributed by atoms with E-state index in [1.165, 1.54) is 25.7 Å². The highest BCUT2D eigenvalue weighted by Gasteiger charge is 2.07. The molecule has 0 radical (unpaired) electrons. The van der Waals surface area contributed by atoms with Crippen molar-refractivity contribution < 1.29 is 0 Å². The van der Waals surface area contributed by atoms with Crippen molar-refractivity contribution in [3.63, 3.8) is 0 Å². The summed E-state index contributed by atoms with van der Waals surface area (Å²) in [6.07, 6.45) is 8.56. The first-order valence-corrected chi connectivity index (χ1v) is 8.72. The minimum absolute atomic E-state index is 0.367. The third kappa shape index (κ3) is 6.61. The van der Waals surface area contributed by atoms with Crippen LogP contribution < -0.4 is 0 Å². The second-order valence-corrected chi connectivity index (χ2v) is 5.68. The molecule has 0 aromatic heterocycles. The normalized spacial score (nSPS) is 9.00. The zero-order valence-electron chi connectivity index (χ0n) is 14.7. The Labute approximate surface area is 146 Å². The summed E-state index contributed by atoms with van der Waals surface area (Å²) in [6.45, 7) is 4.33. The lowest BCUT2D eigenvalue weighted by atomic mass is 9.99. The summed E-state index contributed by atoms with van der Waals surface area (Å²) >= 11 is 0. The highest BCUT2D eigenvalue weighted by molar-refractivity contribution is 5.59. The largest absolute Gasteiger partial charge is 0.192 e. The van der Waals surface area contributed by atoms with E-state index in [-0.39, 0.29) is 0 Å². The minimum Gasteiger partial charge on any atom is -0.192 e. The zero-order chi connectivity index (χ0) is 17.6. The molecule has 122 valence electrons. The summed E-state index contributed by atoms with van der Waals surface area (Å²) in [5.74, 6) is 12.6. The predicted molar refractivity (Wildman–Crippen MR) is 97.9 cm³/mol. The van der Waals surface area contributed by atoms with Crippen LogP contribution in [-0.4, -0.2) is 0 Å². The van der Waals surface area contributed by atoms with Gasteiger partial charge in [0.25, 0.3) is 0 Å². The molecular formula is C22H24N2. The van der Waals surface area contributed by atoms with Crippen LogP contribution >= 0.6 is 0 Å². The molecule has 0 bridgehead atoms. The lowest BCUT2D eigenvalue weighted by Gasteiger charge is -2.01. The average molecular weight is 316 g/mol. The monoisotopic (exact) mass is 316 g/mol. The predicted octanol–water partition coefficient (Wildman–Crippen LogP) is 5.29. The molecule has 0 saturated heterocycles. The maximum atomic E-state index is 9.19. The van der Waals surface area contributed by atoms with Gasteiger partial charge >= 0.3 is 0 Å². The summed E-state index contributed by atoms with van der Waals surface area (Å²) in [7, 11) is 0. The van der Waals surface area contributed by atoms with Gasteiger partial charge in [-0.15, -0.1) is 0 Å². The van der Waals surface area contributed by atoms with Gasteiger partial charge in [0.15, 0.2) is 0 Å². The molecule has 0 fully saturated rings. The van der Waals surface area contributed by atoms with Crippen LogP contribution in [0.5, 0.6) is 0 Å². The van der Waals surface area contributed by atoms with Gasteiger partial charge in [-0.3, -0.25) is 0 Å². The Morgan fingerprint density at radius 1 is 0.667 bits per heavy atom. The van der Waals surface area contributed by atoms with Crippen molar-refractivity contribution in [3.8, 4) is 35.8 Å². The van der Waals surface area contributed by atoms with Crippen LogP contribution in [0.25, 0.3) is 0 Å². The first kappa shape index (κ1) is 19.4. The Hall–Kier alpha value is -2.68. The molecule has 0 heterocycles. The maximum Gasteiger partial charge on any atom is 0.101 e. The number of rotatable bonds is 6. The Morgan fingerprint density at radius 3 is 1.42 bits per heavy atom. The van der Waals surface area contributed by atoms with E-state index in [9.17, 15) is 10.5 Å². The van der Waals surface area contributed by atoms with Gasteiger partial charge in [-0.2, -0.15) is 10.5 Å². The van der Waals surface area contributed by atoms with Gasteiger partial charge in [0.05, 0.1) is 11.1 Å². The van der Waals surface area contributed by atoms with Crippen molar-refractivity contribution in [2.24, 2.45) is 0 Å². The molecule has 0 unspecified atom stereocenters. The number of benzene rings is 1. The second-order valence-electron chi connectivity index (χ2n) is 5.68. The van der Waals surface area contributed by atoms with E-state index >= 15 is 0 Å². The van der Waals surface area contributed by atoms with Gasteiger partial charge in [-0.1, -0.05) is 63.2 Å². The van der Waals surface area contributed by atoms with E-state index in [2.05, 4.69) is 49.7 Å². The van der Waals surface area contributed by atoms with Crippen LogP contribution in [0.1, 0.15) is 87.5 Å². The summed E-state index contributed by atoms with van der Waals surface area (Å²) in [5.41, 5.74) is 2.24. The number of hydrogen-bond acceptors (Lipinski definition) is 2. The molecule has 1 aromatic carbocycles. The van der Waals surface area contributed by atoms with E-state index in [1.807, 2.05) is 0 Å². The first-order valence-electron chi connectivity index (χ1n) is 8.72. The average Bonchev–Trinajstić information content (AvgIpc) is 2.61. The van der Waals surface area contributed by atoms with E-state index in [4.69, 9.17) is 0 Å². The van der Waals surface area contributed by atoms with E-state index in [0.717, 1.165) is 36.8 Å². The molecule has 0 aliphatic heterocycles. The SMILES string of the molecule is CCCCCC#Cc1cc(C#N)c(C#N)cc1C#CCCCCC. The minimum atomic E-state index is 0.367. The van der Waals surface area contributed by atoms with Gasteiger partial charge in [-0.05, 0) is 25.0 Å². The molecule has 2 heteroatoms. The van der Waals surface area contributed by atoms with Crippen molar-refractivity contribution in [2.45, 2.75) is 65.2 Å². The Morgan fingerprint density at radius 2 is 1.08 bits per heavy atom. The quantitative estimate of drug-likeness (QED) is 0.528. The van der Waals surface area contributed by atoms with Crippen molar-refractivity contribution in [1.82, 2.24) is 0 Å². The fourth-order valence-corrected chi connectivity index (χ4v) is 2.23. The van der Waals surface area contributed by atoms with Crippen LogP contribution in [0, 0.1) is 46.3 Å². The molecule has 0 saturated carbocycles. The van der Waals surface area contributed by atoms with Gasteiger partial charge < -0.3 is 0 Å². The molecule has 0 N–H and O–H groups in total. The third-order valence-electron chi connectivity index (χ3n) is 3.66. The number of nitriles is 2. The highest BCUT2D eigenvalue weighted by Crippen LogP contribution is 2.15. The highest BCUT2D eigenvalue weighted by atomic mass is 14.3. The van der Waals surface area contributed by atoms with Crippen LogP contribution in [0.15, 0.2) is 12.1 Å². The molecule has 2 nitrogen and oxygen atoms in total.